The Balaban J connectivity index is 2.35. The maximum absolute atomic E-state index is 5.96. The first-order chi connectivity index (χ1) is 6.65. The van der Waals surface area contributed by atoms with Gasteiger partial charge < -0.3 is 5.73 Å². The highest BCUT2D eigenvalue weighted by Gasteiger charge is 2.26. The van der Waals surface area contributed by atoms with Gasteiger partial charge in [0.2, 0.25) is 0 Å². The van der Waals surface area contributed by atoms with Crippen molar-refractivity contribution in [1.82, 2.24) is 4.90 Å². The minimum absolute atomic E-state index is 0.439. The average Bonchev–Trinajstić information content (AvgIpc) is 2.14. The van der Waals surface area contributed by atoms with E-state index in [1.165, 1.54) is 31.6 Å². The average molecular weight is 216 g/mol. The second-order valence-corrected chi connectivity index (χ2v) is 5.49. The van der Waals surface area contributed by atoms with Gasteiger partial charge in [-0.25, -0.2) is 0 Å². The van der Waals surface area contributed by atoms with Gasteiger partial charge in [0.15, 0.2) is 0 Å². The Morgan fingerprint density at radius 1 is 1.57 bits per heavy atom. The number of hydrogen-bond acceptors (Lipinski definition) is 3. The first-order valence-corrected chi connectivity index (χ1v) is 7.04. The van der Waals surface area contributed by atoms with E-state index in [9.17, 15) is 0 Å². The normalized spacial score (nSPS) is 31.7. The topological polar surface area (TPSA) is 29.3 Å². The van der Waals surface area contributed by atoms with Gasteiger partial charge in [-0.2, -0.15) is 11.8 Å². The van der Waals surface area contributed by atoms with Crippen LogP contribution in [0.15, 0.2) is 0 Å². The summed E-state index contributed by atoms with van der Waals surface area (Å²) in [5.41, 5.74) is 5.96. The van der Waals surface area contributed by atoms with Crippen LogP contribution < -0.4 is 5.73 Å². The fraction of sp³-hybridized carbons (Fsp3) is 1.00. The molecule has 0 bridgehead atoms. The summed E-state index contributed by atoms with van der Waals surface area (Å²) in [6.45, 7) is 5.86. The van der Waals surface area contributed by atoms with E-state index in [2.05, 4.69) is 25.0 Å². The molecule has 0 aliphatic carbocycles. The first kappa shape index (κ1) is 12.3. The van der Waals surface area contributed by atoms with Crippen molar-refractivity contribution in [2.45, 2.75) is 51.2 Å². The van der Waals surface area contributed by atoms with Crippen molar-refractivity contribution >= 4 is 11.8 Å². The minimum Gasteiger partial charge on any atom is -0.328 e. The largest absolute Gasteiger partial charge is 0.328 e. The van der Waals surface area contributed by atoms with Gasteiger partial charge in [0.05, 0.1) is 0 Å². The molecule has 0 aromatic heterocycles. The van der Waals surface area contributed by atoms with E-state index in [1.54, 1.807) is 0 Å². The number of piperidine rings is 1. The van der Waals surface area contributed by atoms with E-state index < -0.39 is 0 Å². The van der Waals surface area contributed by atoms with Crippen LogP contribution in [-0.4, -0.2) is 41.6 Å². The van der Waals surface area contributed by atoms with Crippen LogP contribution in [0.1, 0.15) is 33.1 Å². The molecule has 0 amide bonds. The lowest BCUT2D eigenvalue weighted by Gasteiger charge is -2.40. The van der Waals surface area contributed by atoms with Gasteiger partial charge in [0.1, 0.15) is 0 Å². The zero-order chi connectivity index (χ0) is 10.6. The standard InChI is InChI=1S/C11H24N2S/c1-9(5-7-14-3)13-6-4-11(12)8-10(13)2/h9-11H,4-8,12H2,1-3H3. The van der Waals surface area contributed by atoms with Crippen LogP contribution in [0.2, 0.25) is 0 Å². The van der Waals surface area contributed by atoms with Gasteiger partial charge in [-0.1, -0.05) is 0 Å². The predicted molar refractivity (Wildman–Crippen MR) is 65.8 cm³/mol. The lowest BCUT2D eigenvalue weighted by molar-refractivity contribution is 0.103. The quantitative estimate of drug-likeness (QED) is 0.779. The molecule has 0 aromatic rings. The molecule has 0 aromatic carbocycles. The van der Waals surface area contributed by atoms with Crippen LogP contribution in [0.25, 0.3) is 0 Å². The van der Waals surface area contributed by atoms with E-state index in [1.807, 2.05) is 11.8 Å². The van der Waals surface area contributed by atoms with Crippen LogP contribution in [0.4, 0.5) is 0 Å². The Morgan fingerprint density at radius 3 is 2.86 bits per heavy atom. The third kappa shape index (κ3) is 3.44. The molecular formula is C11H24N2S. The summed E-state index contributed by atoms with van der Waals surface area (Å²) in [5, 5.41) is 0. The number of rotatable bonds is 4. The number of likely N-dealkylation sites (tertiary alicyclic amines) is 1. The maximum atomic E-state index is 5.96. The lowest BCUT2D eigenvalue weighted by Crippen LogP contribution is -2.49. The van der Waals surface area contributed by atoms with E-state index in [0.29, 0.717) is 12.1 Å². The molecule has 3 atom stereocenters. The van der Waals surface area contributed by atoms with Gasteiger partial charge >= 0.3 is 0 Å². The molecule has 0 saturated carbocycles. The summed E-state index contributed by atoms with van der Waals surface area (Å²) in [4.78, 5) is 2.62. The molecule has 1 saturated heterocycles. The summed E-state index contributed by atoms with van der Waals surface area (Å²) >= 11 is 1.94. The fourth-order valence-corrected chi connectivity index (χ4v) is 2.91. The molecule has 1 heterocycles. The molecule has 3 unspecified atom stereocenters. The summed E-state index contributed by atoms with van der Waals surface area (Å²) in [6, 6.07) is 1.84. The van der Waals surface area contributed by atoms with Crippen LogP contribution >= 0.6 is 11.8 Å². The molecule has 2 N–H and O–H groups in total. The van der Waals surface area contributed by atoms with Crippen molar-refractivity contribution in [3.8, 4) is 0 Å². The Bertz CT molecular complexity index is 163. The molecule has 1 aliphatic heterocycles. The molecule has 0 spiro atoms. The molecule has 84 valence electrons. The van der Waals surface area contributed by atoms with E-state index in [4.69, 9.17) is 5.73 Å². The number of thioether (sulfide) groups is 1. The monoisotopic (exact) mass is 216 g/mol. The summed E-state index contributed by atoms with van der Waals surface area (Å²) in [6.07, 6.45) is 5.83. The molecule has 3 heteroatoms. The fourth-order valence-electron chi connectivity index (χ4n) is 2.34. The van der Waals surface area contributed by atoms with Gasteiger partial charge in [-0.05, 0) is 45.1 Å². The van der Waals surface area contributed by atoms with Gasteiger partial charge in [-0.3, -0.25) is 4.90 Å². The zero-order valence-electron chi connectivity index (χ0n) is 9.70. The number of nitrogens with two attached hydrogens (primary N) is 1. The zero-order valence-corrected chi connectivity index (χ0v) is 10.5. The second-order valence-electron chi connectivity index (χ2n) is 4.50. The molecule has 0 radical (unpaired) electrons. The van der Waals surface area contributed by atoms with Crippen molar-refractivity contribution < 1.29 is 0 Å². The summed E-state index contributed by atoms with van der Waals surface area (Å²) < 4.78 is 0. The number of hydrogen-bond donors (Lipinski definition) is 1. The Labute approximate surface area is 92.6 Å². The smallest absolute Gasteiger partial charge is 0.00845 e. The Hall–Kier alpha value is 0.270. The third-order valence-corrected chi connectivity index (χ3v) is 3.92. The van der Waals surface area contributed by atoms with Crippen molar-refractivity contribution in [1.29, 1.82) is 0 Å². The van der Waals surface area contributed by atoms with Crippen LogP contribution in [0, 0.1) is 0 Å². The SMILES string of the molecule is CSCCC(C)N1CCC(N)CC1C. The Morgan fingerprint density at radius 2 is 2.29 bits per heavy atom. The molecule has 1 aliphatic rings. The highest BCUT2D eigenvalue weighted by Crippen LogP contribution is 2.20. The van der Waals surface area contributed by atoms with Crippen molar-refractivity contribution in [3.05, 3.63) is 0 Å². The van der Waals surface area contributed by atoms with Crippen LogP contribution in [-0.2, 0) is 0 Å². The number of nitrogens with zero attached hydrogens (tertiary/aromatic N) is 1. The van der Waals surface area contributed by atoms with E-state index in [0.717, 1.165) is 6.04 Å². The predicted octanol–water partition coefficient (Wildman–Crippen LogP) is 1.94. The minimum atomic E-state index is 0.439. The molecule has 1 rings (SSSR count). The van der Waals surface area contributed by atoms with Crippen molar-refractivity contribution in [3.63, 3.8) is 0 Å². The van der Waals surface area contributed by atoms with Crippen molar-refractivity contribution in [2.24, 2.45) is 5.73 Å². The highest BCUT2D eigenvalue weighted by molar-refractivity contribution is 7.98. The molecule has 14 heavy (non-hydrogen) atoms. The van der Waals surface area contributed by atoms with Crippen LogP contribution in [0.3, 0.4) is 0 Å². The lowest BCUT2D eigenvalue weighted by atomic mass is 9.97. The summed E-state index contributed by atoms with van der Waals surface area (Å²) in [5.74, 6) is 1.27. The van der Waals surface area contributed by atoms with E-state index >= 15 is 0 Å². The third-order valence-electron chi connectivity index (χ3n) is 3.27. The van der Waals surface area contributed by atoms with Crippen LogP contribution in [0.5, 0.6) is 0 Å². The molecular weight excluding hydrogens is 192 g/mol. The summed E-state index contributed by atoms with van der Waals surface area (Å²) in [7, 11) is 0. The molecule has 1 fully saturated rings. The van der Waals surface area contributed by atoms with E-state index in [-0.39, 0.29) is 0 Å². The second kappa shape index (κ2) is 5.99. The Kier molecular flexibility index (Phi) is 5.28. The van der Waals surface area contributed by atoms with Gasteiger partial charge in [0.25, 0.3) is 0 Å². The first-order valence-electron chi connectivity index (χ1n) is 5.65. The van der Waals surface area contributed by atoms with Gasteiger partial charge in [-0.15, -0.1) is 0 Å². The highest BCUT2D eigenvalue weighted by atomic mass is 32.2. The van der Waals surface area contributed by atoms with Gasteiger partial charge in [0, 0.05) is 24.7 Å². The van der Waals surface area contributed by atoms with Crippen molar-refractivity contribution in [2.75, 3.05) is 18.6 Å². The maximum Gasteiger partial charge on any atom is 0.00845 e. The molecule has 2 nitrogen and oxygen atoms in total.